The number of methoxy groups -OCH3 is 1. The first-order valence-electron chi connectivity index (χ1n) is 6.54. The number of carbonyl (C=O) groups is 1. The van der Waals surface area contributed by atoms with E-state index in [1.807, 2.05) is 24.3 Å². The van der Waals surface area contributed by atoms with E-state index in [9.17, 15) is 4.79 Å². The molecule has 0 aliphatic heterocycles. The molecule has 1 aliphatic rings. The number of rotatable bonds is 3. The van der Waals surface area contributed by atoms with Gasteiger partial charge in [-0.05, 0) is 24.6 Å². The van der Waals surface area contributed by atoms with Crippen molar-refractivity contribution < 1.29 is 9.53 Å². The molecule has 0 spiro atoms. The third-order valence-electron chi connectivity index (χ3n) is 3.62. The number of benzene rings is 1. The molecule has 0 radical (unpaired) electrons. The van der Waals surface area contributed by atoms with E-state index in [4.69, 9.17) is 11.2 Å². The fraction of sp³-hybridized carbons (Fsp3) is 0.250. The highest BCUT2D eigenvalue weighted by atomic mass is 79.9. The van der Waals surface area contributed by atoms with E-state index in [1.54, 1.807) is 10.9 Å². The molecule has 1 heterocycles. The van der Waals surface area contributed by atoms with Gasteiger partial charge in [0.25, 0.3) is 0 Å². The van der Waals surface area contributed by atoms with Gasteiger partial charge in [0.1, 0.15) is 5.56 Å². The van der Waals surface area contributed by atoms with Gasteiger partial charge in [-0.15, -0.1) is 12.3 Å². The standard InChI is InChI=1S/C16H13BrN2O2/c1-3-10-7-13(10)15-14(16(20)21-2)9-18-19(15)12-6-4-5-11(17)8-12/h1,4-6,8-10,13H,7H2,2H3/t10?,13-/m1/s1. The Labute approximate surface area is 131 Å². The summed E-state index contributed by atoms with van der Waals surface area (Å²) in [5.41, 5.74) is 2.21. The SMILES string of the molecule is C#CC1C[C@H]1c1c(C(=O)OC)cnn1-c1cccc(Br)c1. The zero-order valence-electron chi connectivity index (χ0n) is 11.4. The van der Waals surface area contributed by atoms with Gasteiger partial charge < -0.3 is 4.74 Å². The van der Waals surface area contributed by atoms with Crippen molar-refractivity contribution in [3.63, 3.8) is 0 Å². The van der Waals surface area contributed by atoms with E-state index in [0.717, 1.165) is 22.3 Å². The molecule has 0 amide bonds. The molecule has 1 aromatic heterocycles. The molecule has 1 unspecified atom stereocenters. The summed E-state index contributed by atoms with van der Waals surface area (Å²) in [6.45, 7) is 0. The first-order chi connectivity index (χ1) is 10.2. The van der Waals surface area contributed by atoms with Crippen LogP contribution in [0.1, 0.15) is 28.4 Å². The van der Waals surface area contributed by atoms with E-state index in [2.05, 4.69) is 26.9 Å². The summed E-state index contributed by atoms with van der Waals surface area (Å²) in [7, 11) is 1.37. The highest BCUT2D eigenvalue weighted by molar-refractivity contribution is 9.10. The van der Waals surface area contributed by atoms with Crippen molar-refractivity contribution in [3.05, 3.63) is 46.2 Å². The Morgan fingerprint density at radius 2 is 2.38 bits per heavy atom. The van der Waals surface area contributed by atoms with Crippen LogP contribution in [0.5, 0.6) is 0 Å². The molecular formula is C16H13BrN2O2. The average Bonchev–Trinajstić information content (AvgIpc) is 3.15. The largest absolute Gasteiger partial charge is 0.465 e. The first kappa shape index (κ1) is 13.9. The fourth-order valence-corrected chi connectivity index (χ4v) is 2.86. The lowest BCUT2D eigenvalue weighted by Crippen LogP contribution is -2.08. The molecule has 1 saturated carbocycles. The van der Waals surface area contributed by atoms with Gasteiger partial charge in [-0.1, -0.05) is 22.0 Å². The normalized spacial score (nSPS) is 19.9. The molecule has 0 bridgehead atoms. The summed E-state index contributed by atoms with van der Waals surface area (Å²) in [4.78, 5) is 11.9. The predicted molar refractivity (Wildman–Crippen MR) is 82.3 cm³/mol. The average molecular weight is 345 g/mol. The lowest BCUT2D eigenvalue weighted by Gasteiger charge is -2.09. The van der Waals surface area contributed by atoms with Crippen LogP contribution in [0.25, 0.3) is 5.69 Å². The molecule has 0 N–H and O–H groups in total. The minimum absolute atomic E-state index is 0.158. The van der Waals surface area contributed by atoms with Crippen molar-refractivity contribution in [1.29, 1.82) is 0 Å². The summed E-state index contributed by atoms with van der Waals surface area (Å²) in [5, 5.41) is 4.35. The van der Waals surface area contributed by atoms with E-state index in [-0.39, 0.29) is 17.8 Å². The maximum absolute atomic E-state index is 11.9. The van der Waals surface area contributed by atoms with Crippen molar-refractivity contribution in [1.82, 2.24) is 9.78 Å². The van der Waals surface area contributed by atoms with Crippen LogP contribution in [-0.4, -0.2) is 22.9 Å². The van der Waals surface area contributed by atoms with Crippen molar-refractivity contribution in [3.8, 4) is 18.0 Å². The number of hydrogen-bond donors (Lipinski definition) is 0. The summed E-state index contributed by atoms with van der Waals surface area (Å²) in [5.74, 6) is 2.69. The Hall–Kier alpha value is -2.06. The molecule has 5 heteroatoms. The van der Waals surface area contributed by atoms with E-state index < -0.39 is 0 Å². The molecule has 2 aromatic rings. The number of esters is 1. The maximum Gasteiger partial charge on any atom is 0.341 e. The monoisotopic (exact) mass is 344 g/mol. The van der Waals surface area contributed by atoms with Crippen LogP contribution in [0.3, 0.4) is 0 Å². The third kappa shape index (κ3) is 2.47. The van der Waals surface area contributed by atoms with Crippen LogP contribution in [0.2, 0.25) is 0 Å². The Morgan fingerprint density at radius 3 is 3.00 bits per heavy atom. The van der Waals surface area contributed by atoms with Crippen molar-refractivity contribution in [2.75, 3.05) is 7.11 Å². The summed E-state index contributed by atoms with van der Waals surface area (Å²) >= 11 is 3.45. The zero-order chi connectivity index (χ0) is 15.0. The predicted octanol–water partition coefficient (Wildman–Crippen LogP) is 3.16. The van der Waals surface area contributed by atoms with Crippen LogP contribution in [0.15, 0.2) is 34.9 Å². The van der Waals surface area contributed by atoms with Gasteiger partial charge in [0.15, 0.2) is 0 Å². The highest BCUT2D eigenvalue weighted by Crippen LogP contribution is 2.48. The topological polar surface area (TPSA) is 44.1 Å². The summed E-state index contributed by atoms with van der Waals surface area (Å²) in [6, 6.07) is 7.75. The number of nitrogens with zero attached hydrogens (tertiary/aromatic N) is 2. The van der Waals surface area contributed by atoms with E-state index >= 15 is 0 Å². The molecule has 0 saturated heterocycles. The molecule has 1 aromatic carbocycles. The van der Waals surface area contributed by atoms with Gasteiger partial charge in [-0.25, -0.2) is 9.48 Å². The molecule has 2 atom stereocenters. The van der Waals surface area contributed by atoms with Crippen molar-refractivity contribution >= 4 is 21.9 Å². The number of hydrogen-bond acceptors (Lipinski definition) is 3. The minimum Gasteiger partial charge on any atom is -0.465 e. The molecule has 4 nitrogen and oxygen atoms in total. The maximum atomic E-state index is 11.9. The molecule has 1 aliphatic carbocycles. The zero-order valence-corrected chi connectivity index (χ0v) is 13.0. The number of ether oxygens (including phenoxy) is 1. The number of halogens is 1. The summed E-state index contributed by atoms with van der Waals surface area (Å²) in [6.07, 6.45) is 7.92. The molecule has 1 fully saturated rings. The van der Waals surface area contributed by atoms with Crippen molar-refractivity contribution in [2.24, 2.45) is 5.92 Å². The lowest BCUT2D eigenvalue weighted by atomic mass is 10.1. The number of carbonyl (C=O) groups excluding carboxylic acids is 1. The van der Waals surface area contributed by atoms with Crippen LogP contribution in [0.4, 0.5) is 0 Å². The van der Waals surface area contributed by atoms with E-state index in [0.29, 0.717) is 5.56 Å². The highest BCUT2D eigenvalue weighted by Gasteiger charge is 2.42. The van der Waals surface area contributed by atoms with Crippen molar-refractivity contribution in [2.45, 2.75) is 12.3 Å². The number of aromatic nitrogens is 2. The van der Waals surface area contributed by atoms with Gasteiger partial charge in [-0.3, -0.25) is 0 Å². The van der Waals surface area contributed by atoms with E-state index in [1.165, 1.54) is 7.11 Å². The first-order valence-corrected chi connectivity index (χ1v) is 7.33. The van der Waals surface area contributed by atoms with Gasteiger partial charge in [0.05, 0.1) is 24.7 Å². The molecule has 3 rings (SSSR count). The molecule has 106 valence electrons. The second-order valence-electron chi connectivity index (χ2n) is 4.94. The lowest BCUT2D eigenvalue weighted by molar-refractivity contribution is 0.0599. The smallest absolute Gasteiger partial charge is 0.341 e. The molecular weight excluding hydrogens is 332 g/mol. The number of terminal acetylenes is 1. The third-order valence-corrected chi connectivity index (χ3v) is 4.11. The van der Waals surface area contributed by atoms with Gasteiger partial charge in [0, 0.05) is 16.3 Å². The fourth-order valence-electron chi connectivity index (χ4n) is 2.48. The second-order valence-corrected chi connectivity index (χ2v) is 5.86. The quantitative estimate of drug-likeness (QED) is 0.634. The molecule has 21 heavy (non-hydrogen) atoms. The van der Waals surface area contributed by atoms with Gasteiger partial charge in [0.2, 0.25) is 0 Å². The van der Waals surface area contributed by atoms with Crippen LogP contribution in [0, 0.1) is 18.3 Å². The van der Waals surface area contributed by atoms with Gasteiger partial charge >= 0.3 is 5.97 Å². The minimum atomic E-state index is -0.381. The Bertz CT molecular complexity index is 745. The second kappa shape index (κ2) is 5.38. The Morgan fingerprint density at radius 1 is 1.57 bits per heavy atom. The van der Waals surface area contributed by atoms with Crippen LogP contribution >= 0.6 is 15.9 Å². The Balaban J connectivity index is 2.11. The van der Waals surface area contributed by atoms with Crippen LogP contribution < -0.4 is 0 Å². The van der Waals surface area contributed by atoms with Gasteiger partial charge in [-0.2, -0.15) is 5.10 Å². The Kier molecular flexibility index (Phi) is 3.56. The van der Waals surface area contributed by atoms with Crippen LogP contribution in [-0.2, 0) is 4.74 Å². The summed E-state index contributed by atoms with van der Waals surface area (Å²) < 4.78 is 7.57.